The van der Waals surface area contributed by atoms with Crippen LogP contribution < -0.4 is 16.0 Å². The highest BCUT2D eigenvalue weighted by atomic mass is 16.1. The third kappa shape index (κ3) is 7.48. The van der Waals surface area contributed by atoms with Gasteiger partial charge in [-0.15, -0.1) is 0 Å². The fraction of sp³-hybridized carbons (Fsp3) is 0.667. The van der Waals surface area contributed by atoms with Crippen LogP contribution in [-0.2, 0) is 4.79 Å². The largest absolute Gasteiger partial charge is 0.369 e. The second-order valence-corrected chi connectivity index (χ2v) is 6.12. The molecule has 0 unspecified atom stereocenters. The van der Waals surface area contributed by atoms with Crippen molar-refractivity contribution in [2.75, 3.05) is 23.7 Å². The predicted molar refractivity (Wildman–Crippen MR) is 86.6 cm³/mol. The van der Waals surface area contributed by atoms with E-state index in [0.29, 0.717) is 18.9 Å². The minimum Gasteiger partial charge on any atom is -0.369 e. The maximum atomic E-state index is 11.7. The van der Waals surface area contributed by atoms with Crippen molar-refractivity contribution in [1.29, 1.82) is 0 Å². The Bertz CT molecular complexity index is 468. The Morgan fingerprint density at radius 3 is 2.52 bits per heavy atom. The summed E-state index contributed by atoms with van der Waals surface area (Å²) in [7, 11) is 0. The van der Waals surface area contributed by atoms with Gasteiger partial charge in [0.1, 0.15) is 5.82 Å². The first kappa shape index (κ1) is 17.2. The quantitative estimate of drug-likeness (QED) is 0.719. The average molecular weight is 293 g/mol. The van der Waals surface area contributed by atoms with Gasteiger partial charge < -0.3 is 16.0 Å². The van der Waals surface area contributed by atoms with E-state index in [2.05, 4.69) is 32.8 Å². The van der Waals surface area contributed by atoms with Crippen molar-refractivity contribution in [3.63, 3.8) is 0 Å². The zero-order chi connectivity index (χ0) is 15.9. The Hall–Kier alpha value is -1.85. The van der Waals surface area contributed by atoms with Crippen LogP contribution in [0.1, 0.15) is 46.2 Å². The molecule has 1 rings (SSSR count). The van der Waals surface area contributed by atoms with Crippen LogP contribution in [0.5, 0.6) is 0 Å². The first-order valence-corrected chi connectivity index (χ1v) is 7.44. The zero-order valence-electron chi connectivity index (χ0n) is 13.7. The van der Waals surface area contributed by atoms with Gasteiger partial charge in [-0.1, -0.05) is 6.92 Å². The topological polar surface area (TPSA) is 78.9 Å². The van der Waals surface area contributed by atoms with E-state index in [1.165, 1.54) is 0 Å². The lowest BCUT2D eigenvalue weighted by Gasteiger charge is -2.20. The number of aromatic nitrogens is 2. The minimum atomic E-state index is -0.195. The van der Waals surface area contributed by atoms with Crippen molar-refractivity contribution < 1.29 is 4.79 Å². The lowest BCUT2D eigenvalue weighted by molar-refractivity contribution is -0.122. The first-order valence-electron chi connectivity index (χ1n) is 7.44. The van der Waals surface area contributed by atoms with Crippen molar-refractivity contribution in [2.24, 2.45) is 0 Å². The third-order valence-electron chi connectivity index (χ3n) is 2.56. The van der Waals surface area contributed by atoms with Gasteiger partial charge in [-0.3, -0.25) is 4.79 Å². The average Bonchev–Trinajstić information content (AvgIpc) is 2.33. The Morgan fingerprint density at radius 2 is 1.90 bits per heavy atom. The fourth-order valence-corrected chi connectivity index (χ4v) is 1.76. The lowest BCUT2D eigenvalue weighted by atomic mass is 10.1. The Balaban J connectivity index is 2.48. The van der Waals surface area contributed by atoms with Crippen LogP contribution >= 0.6 is 0 Å². The summed E-state index contributed by atoms with van der Waals surface area (Å²) in [6, 6.07) is 1.87. The number of amides is 1. The SMILES string of the molecule is CCCNc1nc(C)cc(NCCC(=O)NC(C)(C)C)n1. The number of hydrogen-bond donors (Lipinski definition) is 3. The van der Waals surface area contributed by atoms with E-state index < -0.39 is 0 Å². The molecule has 6 nitrogen and oxygen atoms in total. The molecule has 0 aliphatic rings. The molecule has 1 heterocycles. The molecule has 0 saturated heterocycles. The molecule has 0 radical (unpaired) electrons. The number of nitrogens with one attached hydrogen (secondary N) is 3. The van der Waals surface area contributed by atoms with Gasteiger partial charge in [-0.2, -0.15) is 4.98 Å². The summed E-state index contributed by atoms with van der Waals surface area (Å²) in [5, 5.41) is 9.26. The van der Waals surface area contributed by atoms with Crippen LogP contribution in [0.3, 0.4) is 0 Å². The van der Waals surface area contributed by atoms with Crippen molar-refractivity contribution >= 4 is 17.7 Å². The molecule has 0 spiro atoms. The number of hydrogen-bond acceptors (Lipinski definition) is 5. The summed E-state index contributed by atoms with van der Waals surface area (Å²) in [5.74, 6) is 1.40. The van der Waals surface area contributed by atoms with Crippen LogP contribution in [0.2, 0.25) is 0 Å². The minimum absolute atomic E-state index is 0.0325. The molecule has 0 aliphatic carbocycles. The normalized spacial score (nSPS) is 11.1. The van der Waals surface area contributed by atoms with Crippen LogP contribution in [0.15, 0.2) is 6.07 Å². The molecule has 0 saturated carbocycles. The van der Waals surface area contributed by atoms with E-state index in [1.807, 2.05) is 33.8 Å². The lowest BCUT2D eigenvalue weighted by Crippen LogP contribution is -2.41. The standard InChI is InChI=1S/C15H27N5O/c1-6-8-17-14-18-11(2)10-12(19-14)16-9-7-13(21)20-15(3,4)5/h10H,6-9H2,1-5H3,(H,20,21)(H2,16,17,18,19). The number of carbonyl (C=O) groups excluding carboxylic acids is 1. The van der Waals surface area contributed by atoms with Gasteiger partial charge in [0.25, 0.3) is 0 Å². The number of carbonyl (C=O) groups is 1. The molecule has 0 fully saturated rings. The molecule has 3 N–H and O–H groups in total. The van der Waals surface area contributed by atoms with Gasteiger partial charge in [-0.05, 0) is 34.1 Å². The highest BCUT2D eigenvalue weighted by Crippen LogP contribution is 2.09. The van der Waals surface area contributed by atoms with Gasteiger partial charge in [0, 0.05) is 36.8 Å². The molecule has 1 aromatic heterocycles. The zero-order valence-corrected chi connectivity index (χ0v) is 13.7. The molecule has 0 aromatic carbocycles. The highest BCUT2D eigenvalue weighted by Gasteiger charge is 2.13. The predicted octanol–water partition coefficient (Wildman–Crippen LogP) is 2.32. The van der Waals surface area contributed by atoms with Gasteiger partial charge in [0.05, 0.1) is 0 Å². The van der Waals surface area contributed by atoms with E-state index in [1.54, 1.807) is 0 Å². The Labute approximate surface area is 127 Å². The van der Waals surface area contributed by atoms with E-state index in [0.717, 1.165) is 24.5 Å². The van der Waals surface area contributed by atoms with E-state index in [-0.39, 0.29) is 11.4 Å². The smallest absolute Gasteiger partial charge is 0.224 e. The van der Waals surface area contributed by atoms with Crippen molar-refractivity contribution in [3.05, 3.63) is 11.8 Å². The van der Waals surface area contributed by atoms with Crippen LogP contribution in [0.25, 0.3) is 0 Å². The first-order chi connectivity index (χ1) is 9.80. The number of nitrogens with zero attached hydrogens (tertiary/aromatic N) is 2. The summed E-state index contributed by atoms with van der Waals surface area (Å²) in [5.41, 5.74) is 0.699. The van der Waals surface area contributed by atoms with Crippen LogP contribution in [0.4, 0.5) is 11.8 Å². The van der Waals surface area contributed by atoms with Crippen molar-refractivity contribution in [3.8, 4) is 0 Å². The van der Waals surface area contributed by atoms with Gasteiger partial charge in [0.15, 0.2) is 0 Å². The summed E-state index contributed by atoms with van der Waals surface area (Å²) >= 11 is 0. The molecular formula is C15H27N5O. The summed E-state index contributed by atoms with van der Waals surface area (Å²) in [4.78, 5) is 20.4. The molecule has 118 valence electrons. The van der Waals surface area contributed by atoms with Crippen LogP contribution in [0, 0.1) is 6.92 Å². The van der Waals surface area contributed by atoms with Gasteiger partial charge in [0.2, 0.25) is 11.9 Å². The Morgan fingerprint density at radius 1 is 1.19 bits per heavy atom. The molecule has 21 heavy (non-hydrogen) atoms. The third-order valence-corrected chi connectivity index (χ3v) is 2.56. The monoisotopic (exact) mass is 293 g/mol. The fourth-order valence-electron chi connectivity index (χ4n) is 1.76. The van der Waals surface area contributed by atoms with Crippen molar-refractivity contribution in [2.45, 2.75) is 53.0 Å². The molecule has 1 aromatic rings. The highest BCUT2D eigenvalue weighted by molar-refractivity contribution is 5.77. The second kappa shape index (κ2) is 7.81. The van der Waals surface area contributed by atoms with E-state index in [4.69, 9.17) is 0 Å². The second-order valence-electron chi connectivity index (χ2n) is 6.12. The molecule has 6 heteroatoms. The Kier molecular flexibility index (Phi) is 6.39. The molecule has 0 atom stereocenters. The maximum Gasteiger partial charge on any atom is 0.224 e. The maximum absolute atomic E-state index is 11.7. The van der Waals surface area contributed by atoms with Gasteiger partial charge in [-0.25, -0.2) is 4.98 Å². The molecule has 0 bridgehead atoms. The molecule has 0 aliphatic heterocycles. The summed E-state index contributed by atoms with van der Waals surface area (Å²) in [6.07, 6.45) is 1.44. The van der Waals surface area contributed by atoms with Crippen molar-refractivity contribution in [1.82, 2.24) is 15.3 Å². The summed E-state index contributed by atoms with van der Waals surface area (Å²) < 4.78 is 0. The van der Waals surface area contributed by atoms with E-state index in [9.17, 15) is 4.79 Å². The number of anilines is 2. The van der Waals surface area contributed by atoms with Crippen LogP contribution in [-0.4, -0.2) is 34.5 Å². The summed E-state index contributed by atoms with van der Waals surface area (Å²) in [6.45, 7) is 11.3. The molecular weight excluding hydrogens is 266 g/mol. The molecule has 1 amide bonds. The number of aryl methyl sites for hydroxylation is 1. The number of rotatable bonds is 7. The van der Waals surface area contributed by atoms with E-state index >= 15 is 0 Å². The van der Waals surface area contributed by atoms with Gasteiger partial charge >= 0.3 is 0 Å².